The summed E-state index contributed by atoms with van der Waals surface area (Å²) in [5.74, 6) is -1.22. The largest absolute Gasteiger partial charge is 0.550 e. The minimum absolute atomic E-state index is 0.0725. The molecule has 0 aliphatic heterocycles. The lowest BCUT2D eigenvalue weighted by atomic mass is 10.2. The fourth-order valence-corrected chi connectivity index (χ4v) is 1.29. The van der Waals surface area contributed by atoms with Gasteiger partial charge in [0.2, 0.25) is 0 Å². The zero-order valence-electron chi connectivity index (χ0n) is 8.52. The highest BCUT2D eigenvalue weighted by molar-refractivity contribution is 5.64. The molecule has 1 rings (SSSR count). The molecule has 0 bridgehead atoms. The van der Waals surface area contributed by atoms with Gasteiger partial charge in [-0.05, 0) is 12.8 Å². The van der Waals surface area contributed by atoms with Crippen molar-refractivity contribution >= 4 is 5.97 Å². The Labute approximate surface area is 85.4 Å². The number of aryl methyl sites for hydroxylation is 2. The third-order valence-electron chi connectivity index (χ3n) is 2.12. The van der Waals surface area contributed by atoms with Crippen LogP contribution in [-0.4, -0.2) is 15.1 Å². The van der Waals surface area contributed by atoms with E-state index in [0.717, 1.165) is 4.57 Å². The van der Waals surface area contributed by atoms with Crippen LogP contribution in [0.25, 0.3) is 0 Å². The average molecular weight is 211 g/mol. The maximum absolute atomic E-state index is 11.5. The van der Waals surface area contributed by atoms with E-state index in [1.54, 1.807) is 0 Å². The normalized spacial score (nSPS) is 10.3. The second-order valence-electron chi connectivity index (χ2n) is 3.28. The third-order valence-corrected chi connectivity index (χ3v) is 2.12. The Bertz CT molecular complexity index is 498. The molecule has 0 N–H and O–H groups in total. The quantitative estimate of drug-likeness (QED) is 0.566. The maximum atomic E-state index is 11.5. The van der Waals surface area contributed by atoms with Crippen molar-refractivity contribution in [2.75, 3.05) is 0 Å². The monoisotopic (exact) mass is 211 g/mol. The van der Waals surface area contributed by atoms with Gasteiger partial charge in [0.1, 0.15) is 0 Å². The van der Waals surface area contributed by atoms with Crippen molar-refractivity contribution in [3.8, 4) is 0 Å². The van der Waals surface area contributed by atoms with Gasteiger partial charge in [-0.1, -0.05) is 0 Å². The van der Waals surface area contributed by atoms with Gasteiger partial charge in [0.05, 0.1) is 0 Å². The Morgan fingerprint density at radius 3 is 2.53 bits per heavy atom. The van der Waals surface area contributed by atoms with E-state index in [9.17, 15) is 19.5 Å². The lowest BCUT2D eigenvalue weighted by Crippen LogP contribution is -2.38. The van der Waals surface area contributed by atoms with Crippen molar-refractivity contribution in [1.29, 1.82) is 0 Å². The highest BCUT2D eigenvalue weighted by Crippen LogP contribution is 1.93. The van der Waals surface area contributed by atoms with Gasteiger partial charge in [0.25, 0.3) is 5.56 Å². The summed E-state index contributed by atoms with van der Waals surface area (Å²) in [4.78, 5) is 33.0. The lowest BCUT2D eigenvalue weighted by Gasteiger charge is -2.06. The zero-order chi connectivity index (χ0) is 11.6. The van der Waals surface area contributed by atoms with Gasteiger partial charge in [-0.2, -0.15) is 0 Å². The second kappa shape index (κ2) is 4.12. The summed E-state index contributed by atoms with van der Waals surface area (Å²) in [5, 5.41) is 10.2. The lowest BCUT2D eigenvalue weighted by molar-refractivity contribution is -0.305. The van der Waals surface area contributed by atoms with Crippen molar-refractivity contribution in [1.82, 2.24) is 9.13 Å². The third kappa shape index (κ3) is 2.34. The number of carbonyl (C=O) groups is 1. The van der Waals surface area contributed by atoms with E-state index in [2.05, 4.69) is 0 Å². The first-order chi connectivity index (χ1) is 6.93. The van der Waals surface area contributed by atoms with E-state index in [-0.39, 0.29) is 12.8 Å². The summed E-state index contributed by atoms with van der Waals surface area (Å²) in [7, 11) is 2.86. The topological polar surface area (TPSA) is 84.1 Å². The fraction of sp³-hybridized carbons (Fsp3) is 0.444. The molecule has 0 amide bonds. The highest BCUT2D eigenvalue weighted by Gasteiger charge is 2.06. The Morgan fingerprint density at radius 2 is 2.00 bits per heavy atom. The predicted octanol–water partition coefficient (Wildman–Crippen LogP) is -2.23. The van der Waals surface area contributed by atoms with Gasteiger partial charge in [-0.15, -0.1) is 0 Å². The molecule has 0 aliphatic carbocycles. The van der Waals surface area contributed by atoms with Crippen LogP contribution in [0.1, 0.15) is 12.0 Å². The van der Waals surface area contributed by atoms with Crippen LogP contribution in [0, 0.1) is 0 Å². The van der Waals surface area contributed by atoms with Gasteiger partial charge < -0.3 is 14.5 Å². The molecule has 0 spiro atoms. The summed E-state index contributed by atoms with van der Waals surface area (Å²) in [6, 6.07) is 0. The maximum Gasteiger partial charge on any atom is 0.330 e. The van der Waals surface area contributed by atoms with Gasteiger partial charge in [-0.3, -0.25) is 9.36 Å². The predicted molar refractivity (Wildman–Crippen MR) is 50.3 cm³/mol. The number of carbonyl (C=O) groups excluding carboxylic acids is 1. The molecule has 0 aliphatic rings. The molecule has 0 atom stereocenters. The summed E-state index contributed by atoms with van der Waals surface area (Å²) in [5.41, 5.74) is -0.597. The number of carboxylic acid groups (broad SMARTS) is 1. The molecule has 0 saturated heterocycles. The van der Waals surface area contributed by atoms with E-state index in [0.29, 0.717) is 5.56 Å². The first-order valence-electron chi connectivity index (χ1n) is 4.39. The highest BCUT2D eigenvalue weighted by atomic mass is 16.4. The second-order valence-corrected chi connectivity index (χ2v) is 3.28. The first-order valence-corrected chi connectivity index (χ1v) is 4.39. The van der Waals surface area contributed by atoms with E-state index in [1.807, 2.05) is 0 Å². The molecule has 0 saturated carbocycles. The van der Waals surface area contributed by atoms with Crippen LogP contribution in [0.2, 0.25) is 0 Å². The van der Waals surface area contributed by atoms with Crippen molar-refractivity contribution in [2.45, 2.75) is 12.8 Å². The molecule has 1 aromatic heterocycles. The summed E-state index contributed by atoms with van der Waals surface area (Å²) in [6.45, 7) is 0. The van der Waals surface area contributed by atoms with Crippen LogP contribution in [0.4, 0.5) is 0 Å². The van der Waals surface area contributed by atoms with Crippen LogP contribution in [0.3, 0.4) is 0 Å². The molecular formula is C9H11N2O4-. The van der Waals surface area contributed by atoms with Crippen molar-refractivity contribution in [2.24, 2.45) is 14.1 Å². The van der Waals surface area contributed by atoms with Gasteiger partial charge in [-0.25, -0.2) is 4.79 Å². The Morgan fingerprint density at radius 1 is 1.40 bits per heavy atom. The molecule has 82 valence electrons. The molecule has 0 radical (unpaired) electrons. The zero-order valence-corrected chi connectivity index (χ0v) is 8.52. The van der Waals surface area contributed by atoms with Gasteiger partial charge in [0.15, 0.2) is 0 Å². The van der Waals surface area contributed by atoms with Crippen LogP contribution in [0.5, 0.6) is 0 Å². The molecular weight excluding hydrogens is 200 g/mol. The number of aromatic nitrogens is 2. The standard InChI is InChI=1S/C9H12N2O4/c1-10-5-6(3-4-7(12)13)8(14)11(2)9(10)15/h5H,3-4H2,1-2H3,(H,12,13)/p-1. The number of nitrogens with zero attached hydrogens (tertiary/aromatic N) is 2. The minimum Gasteiger partial charge on any atom is -0.550 e. The fourth-order valence-electron chi connectivity index (χ4n) is 1.29. The Balaban J connectivity index is 3.16. The molecule has 1 heterocycles. The number of rotatable bonds is 3. The van der Waals surface area contributed by atoms with E-state index < -0.39 is 17.2 Å². The van der Waals surface area contributed by atoms with Crippen LogP contribution in [-0.2, 0) is 25.3 Å². The smallest absolute Gasteiger partial charge is 0.330 e. The van der Waals surface area contributed by atoms with E-state index in [4.69, 9.17) is 0 Å². The molecule has 1 aromatic rings. The van der Waals surface area contributed by atoms with Crippen LogP contribution < -0.4 is 16.4 Å². The van der Waals surface area contributed by atoms with Gasteiger partial charge in [0, 0.05) is 31.8 Å². The van der Waals surface area contributed by atoms with Crippen molar-refractivity contribution in [3.05, 3.63) is 32.6 Å². The molecule has 6 nitrogen and oxygen atoms in total. The van der Waals surface area contributed by atoms with E-state index >= 15 is 0 Å². The molecule has 15 heavy (non-hydrogen) atoms. The molecule has 0 aromatic carbocycles. The number of hydrogen-bond acceptors (Lipinski definition) is 4. The number of hydrogen-bond donors (Lipinski definition) is 0. The molecule has 0 fully saturated rings. The van der Waals surface area contributed by atoms with Crippen molar-refractivity contribution in [3.63, 3.8) is 0 Å². The molecule has 6 heteroatoms. The SMILES string of the molecule is Cn1cc(CCC(=O)[O-])c(=O)n(C)c1=O. The summed E-state index contributed by atoms with van der Waals surface area (Å²) in [6.07, 6.45) is 1.20. The van der Waals surface area contributed by atoms with E-state index in [1.165, 1.54) is 24.9 Å². The first kappa shape index (κ1) is 11.2. The summed E-state index contributed by atoms with van der Waals surface area (Å²) >= 11 is 0. The Kier molecular flexibility index (Phi) is 3.08. The van der Waals surface area contributed by atoms with Crippen LogP contribution in [0.15, 0.2) is 15.8 Å². The number of carboxylic acids is 1. The van der Waals surface area contributed by atoms with Gasteiger partial charge >= 0.3 is 5.69 Å². The minimum atomic E-state index is -1.22. The van der Waals surface area contributed by atoms with Crippen LogP contribution >= 0.6 is 0 Å². The van der Waals surface area contributed by atoms with Crippen molar-refractivity contribution < 1.29 is 9.90 Å². The number of aliphatic carboxylic acids is 1. The summed E-state index contributed by atoms with van der Waals surface area (Å²) < 4.78 is 2.19. The average Bonchev–Trinajstić information content (AvgIpc) is 2.18. The molecule has 0 unspecified atom stereocenters. The Hall–Kier alpha value is -1.85.